The number of hydrogen-bond acceptors (Lipinski definition) is 2. The summed E-state index contributed by atoms with van der Waals surface area (Å²) >= 11 is 0. The van der Waals surface area contributed by atoms with Crippen molar-refractivity contribution in [1.29, 1.82) is 0 Å². The molecule has 4 aliphatic rings. The van der Waals surface area contributed by atoms with Crippen LogP contribution in [0.3, 0.4) is 0 Å². The molecule has 24 heavy (non-hydrogen) atoms. The first-order chi connectivity index (χ1) is 11.1. The maximum absolute atomic E-state index is 12.5. The van der Waals surface area contributed by atoms with Gasteiger partial charge in [-0.1, -0.05) is 40.7 Å². The minimum Gasteiger partial charge on any atom is -0.393 e. The van der Waals surface area contributed by atoms with E-state index in [-0.39, 0.29) is 27.8 Å². The van der Waals surface area contributed by atoms with E-state index in [2.05, 4.69) is 40.7 Å². The molecule has 0 unspecified atom stereocenters. The molecule has 0 saturated heterocycles. The van der Waals surface area contributed by atoms with Crippen LogP contribution in [0.4, 0.5) is 0 Å². The number of rotatable bonds is 0. The predicted octanol–water partition coefficient (Wildman–Crippen LogP) is 4.76. The maximum atomic E-state index is 12.5. The van der Waals surface area contributed by atoms with Crippen LogP contribution in [0.15, 0.2) is 12.2 Å². The maximum Gasteiger partial charge on any atom is 0.161 e. The molecule has 4 rings (SSSR count). The van der Waals surface area contributed by atoms with Crippen LogP contribution in [0.25, 0.3) is 0 Å². The summed E-state index contributed by atoms with van der Waals surface area (Å²) in [6.07, 6.45) is 10.9. The van der Waals surface area contributed by atoms with Gasteiger partial charge in [-0.15, -0.1) is 0 Å². The zero-order valence-corrected chi connectivity index (χ0v) is 16.1. The lowest BCUT2D eigenvalue weighted by molar-refractivity contribution is -0.163. The molecule has 0 aliphatic heterocycles. The summed E-state index contributed by atoms with van der Waals surface area (Å²) in [7, 11) is 0. The van der Waals surface area contributed by atoms with Crippen LogP contribution >= 0.6 is 0 Å². The topological polar surface area (TPSA) is 37.3 Å². The molecule has 0 spiro atoms. The fourth-order valence-corrected chi connectivity index (χ4v) is 7.78. The second-order valence-electron chi connectivity index (χ2n) is 10.6. The molecule has 0 aromatic carbocycles. The van der Waals surface area contributed by atoms with E-state index < -0.39 is 0 Å². The third-order valence-corrected chi connectivity index (χ3v) is 9.67. The van der Waals surface area contributed by atoms with E-state index in [0.717, 1.165) is 19.3 Å². The van der Waals surface area contributed by atoms with Crippen molar-refractivity contribution in [2.75, 3.05) is 0 Å². The third-order valence-electron chi connectivity index (χ3n) is 9.67. The summed E-state index contributed by atoms with van der Waals surface area (Å²) in [5.41, 5.74) is 0.243. The number of carbonyl (C=O) groups is 1. The van der Waals surface area contributed by atoms with Gasteiger partial charge in [0.25, 0.3) is 0 Å². The average molecular weight is 331 g/mol. The van der Waals surface area contributed by atoms with Gasteiger partial charge in [-0.25, -0.2) is 0 Å². The SMILES string of the molecule is CC1(C)C(=O)C=C[C@@]2(C)[C@@H]1CC[C@@H]1[C@@H]2CC[C@]2(C)[C@H](O)CC[C@@]12C. The second kappa shape index (κ2) is 4.75. The summed E-state index contributed by atoms with van der Waals surface area (Å²) in [5, 5.41) is 10.7. The van der Waals surface area contributed by atoms with Gasteiger partial charge in [0.05, 0.1) is 6.10 Å². The van der Waals surface area contributed by atoms with Crippen molar-refractivity contribution in [3.63, 3.8) is 0 Å². The number of hydrogen-bond donors (Lipinski definition) is 1. The number of carbonyl (C=O) groups excluding carboxylic acids is 1. The van der Waals surface area contributed by atoms with Crippen LogP contribution < -0.4 is 0 Å². The second-order valence-corrected chi connectivity index (χ2v) is 10.6. The van der Waals surface area contributed by atoms with Crippen LogP contribution in [-0.4, -0.2) is 17.0 Å². The molecule has 0 radical (unpaired) electrons. The molecule has 0 aromatic rings. The molecule has 3 fully saturated rings. The Kier molecular flexibility index (Phi) is 3.33. The molecule has 134 valence electrons. The Labute approximate surface area is 147 Å². The van der Waals surface area contributed by atoms with Gasteiger partial charge >= 0.3 is 0 Å². The van der Waals surface area contributed by atoms with Crippen molar-refractivity contribution in [3.8, 4) is 0 Å². The van der Waals surface area contributed by atoms with Crippen molar-refractivity contribution in [1.82, 2.24) is 0 Å². The zero-order valence-electron chi connectivity index (χ0n) is 16.1. The fraction of sp³-hybridized carbons (Fsp3) is 0.864. The van der Waals surface area contributed by atoms with Crippen molar-refractivity contribution >= 4 is 5.78 Å². The van der Waals surface area contributed by atoms with Crippen molar-refractivity contribution in [3.05, 3.63) is 12.2 Å². The largest absolute Gasteiger partial charge is 0.393 e. The van der Waals surface area contributed by atoms with Crippen molar-refractivity contribution < 1.29 is 9.90 Å². The van der Waals surface area contributed by atoms with E-state index in [1.54, 1.807) is 0 Å². The lowest BCUT2D eigenvalue weighted by Gasteiger charge is -2.64. The Bertz CT molecular complexity index is 605. The van der Waals surface area contributed by atoms with Gasteiger partial charge in [0, 0.05) is 5.41 Å². The van der Waals surface area contributed by atoms with E-state index in [1.165, 1.54) is 19.3 Å². The van der Waals surface area contributed by atoms with Gasteiger partial charge in [-0.2, -0.15) is 0 Å². The minimum absolute atomic E-state index is 0.0844. The van der Waals surface area contributed by atoms with Gasteiger partial charge in [-0.3, -0.25) is 4.79 Å². The minimum atomic E-state index is -0.231. The summed E-state index contributed by atoms with van der Waals surface area (Å²) in [5.74, 6) is 2.11. The molecular formula is C22H34O2. The highest BCUT2D eigenvalue weighted by Crippen LogP contribution is 2.71. The molecule has 0 bridgehead atoms. The summed E-state index contributed by atoms with van der Waals surface area (Å²) < 4.78 is 0. The number of allylic oxidation sites excluding steroid dienone is 2. The van der Waals surface area contributed by atoms with E-state index in [1.807, 2.05) is 6.08 Å². The Morgan fingerprint density at radius 1 is 0.917 bits per heavy atom. The highest BCUT2D eigenvalue weighted by Gasteiger charge is 2.66. The van der Waals surface area contributed by atoms with Crippen LogP contribution in [-0.2, 0) is 4.79 Å². The first kappa shape index (κ1) is 16.8. The Hall–Kier alpha value is -0.630. The first-order valence-corrected chi connectivity index (χ1v) is 9.99. The highest BCUT2D eigenvalue weighted by molar-refractivity contribution is 5.95. The normalized spacial score (nSPS) is 55.7. The summed E-state index contributed by atoms with van der Waals surface area (Å²) in [4.78, 5) is 12.5. The first-order valence-electron chi connectivity index (χ1n) is 9.99. The molecule has 4 aliphatic carbocycles. The average Bonchev–Trinajstić information content (AvgIpc) is 2.76. The molecule has 0 heterocycles. The van der Waals surface area contributed by atoms with E-state index >= 15 is 0 Å². The van der Waals surface area contributed by atoms with Gasteiger partial charge in [0.15, 0.2) is 5.78 Å². The third kappa shape index (κ3) is 1.74. The Morgan fingerprint density at radius 2 is 1.58 bits per heavy atom. The predicted molar refractivity (Wildman–Crippen MR) is 96.4 cm³/mol. The lowest BCUT2D eigenvalue weighted by Crippen LogP contribution is -2.60. The smallest absolute Gasteiger partial charge is 0.161 e. The van der Waals surface area contributed by atoms with Gasteiger partial charge in [-0.05, 0) is 78.6 Å². The number of aliphatic hydroxyl groups excluding tert-OH is 1. The lowest BCUT2D eigenvalue weighted by atomic mass is 9.40. The Balaban J connectivity index is 1.77. The highest BCUT2D eigenvalue weighted by atomic mass is 16.3. The zero-order chi connectivity index (χ0) is 17.5. The van der Waals surface area contributed by atoms with Gasteiger partial charge in [0.1, 0.15) is 0 Å². The van der Waals surface area contributed by atoms with Crippen LogP contribution in [0.1, 0.15) is 73.1 Å². The standard InChI is InChI=1S/C22H34O2/c1-19(2)16-7-6-15-14(20(16,3)11-9-17(19)23)8-12-22(5)18(24)10-13-21(15,22)4/h9,11,14-16,18,24H,6-8,10,12-13H2,1-5H3/t14-,15+,16+,18+,20+,21-,22+/m0/s1. The van der Waals surface area contributed by atoms with E-state index in [9.17, 15) is 9.90 Å². The van der Waals surface area contributed by atoms with Crippen LogP contribution in [0.2, 0.25) is 0 Å². The number of aliphatic hydroxyl groups is 1. The summed E-state index contributed by atoms with van der Waals surface area (Å²) in [6, 6.07) is 0. The Morgan fingerprint density at radius 3 is 2.29 bits per heavy atom. The van der Waals surface area contributed by atoms with E-state index in [0.29, 0.717) is 23.5 Å². The molecule has 7 atom stereocenters. The van der Waals surface area contributed by atoms with Gasteiger partial charge < -0.3 is 5.11 Å². The molecule has 0 amide bonds. The van der Waals surface area contributed by atoms with Crippen molar-refractivity contribution in [2.24, 2.45) is 39.4 Å². The molecule has 1 N–H and O–H groups in total. The molecule has 0 aromatic heterocycles. The van der Waals surface area contributed by atoms with E-state index in [4.69, 9.17) is 0 Å². The van der Waals surface area contributed by atoms with Gasteiger partial charge in [0.2, 0.25) is 0 Å². The molecule has 2 heteroatoms. The van der Waals surface area contributed by atoms with Crippen molar-refractivity contribution in [2.45, 2.75) is 79.2 Å². The van der Waals surface area contributed by atoms with Crippen LogP contribution in [0.5, 0.6) is 0 Å². The molecular weight excluding hydrogens is 296 g/mol. The molecule has 2 nitrogen and oxygen atoms in total. The molecule has 3 saturated carbocycles. The number of ketones is 1. The number of fused-ring (bicyclic) bond motifs is 5. The quantitative estimate of drug-likeness (QED) is 0.695. The fourth-order valence-electron chi connectivity index (χ4n) is 7.78. The monoisotopic (exact) mass is 330 g/mol. The summed E-state index contributed by atoms with van der Waals surface area (Å²) in [6.45, 7) is 11.6. The van der Waals surface area contributed by atoms with Crippen LogP contribution in [0, 0.1) is 39.4 Å².